The van der Waals surface area contributed by atoms with Crippen LogP contribution in [0.15, 0.2) is 30.3 Å². The minimum atomic E-state index is 0.00218. The summed E-state index contributed by atoms with van der Waals surface area (Å²) in [5.74, 6) is 2.82. The van der Waals surface area contributed by atoms with E-state index in [-0.39, 0.29) is 6.04 Å². The van der Waals surface area contributed by atoms with Crippen LogP contribution >= 0.6 is 23.2 Å². The summed E-state index contributed by atoms with van der Waals surface area (Å²) in [5.41, 5.74) is 1.37. The van der Waals surface area contributed by atoms with Crippen LogP contribution in [0.2, 0.25) is 10.0 Å². The van der Waals surface area contributed by atoms with E-state index in [1.807, 2.05) is 16.8 Å². The third kappa shape index (κ3) is 3.60. The predicted molar refractivity (Wildman–Crippen MR) is 113 cm³/mol. The molecular weight excluding hydrogens is 427 g/mol. The van der Waals surface area contributed by atoms with Crippen molar-refractivity contribution in [2.75, 3.05) is 12.4 Å². The molecular formula is C19H18Cl2N8O. The van der Waals surface area contributed by atoms with Gasteiger partial charge < -0.3 is 10.1 Å². The third-order valence-electron chi connectivity index (χ3n) is 4.90. The number of hydrogen-bond acceptors (Lipinski definition) is 7. The van der Waals surface area contributed by atoms with Crippen molar-refractivity contribution in [3.05, 3.63) is 52.0 Å². The van der Waals surface area contributed by atoms with E-state index in [2.05, 4.69) is 25.6 Å². The zero-order chi connectivity index (χ0) is 20.7. The van der Waals surface area contributed by atoms with E-state index in [0.717, 1.165) is 30.8 Å². The Bertz CT molecular complexity index is 1200. The molecule has 0 bridgehead atoms. The molecule has 1 N–H and O–H groups in total. The summed E-state index contributed by atoms with van der Waals surface area (Å²) >= 11 is 12.3. The van der Waals surface area contributed by atoms with Gasteiger partial charge in [-0.05, 0) is 43.2 Å². The lowest BCUT2D eigenvalue weighted by molar-refractivity contribution is 0.177. The van der Waals surface area contributed by atoms with Crippen LogP contribution in [0.1, 0.15) is 30.5 Å². The van der Waals surface area contributed by atoms with Gasteiger partial charge in [-0.2, -0.15) is 9.61 Å². The van der Waals surface area contributed by atoms with E-state index in [9.17, 15) is 0 Å². The Morgan fingerprint density at radius 2 is 1.97 bits per heavy atom. The Hall–Kier alpha value is -2.75. The Morgan fingerprint density at radius 1 is 1.13 bits per heavy atom. The number of fused-ring (bicyclic) bond motifs is 2. The number of halogens is 2. The van der Waals surface area contributed by atoms with Gasteiger partial charge in [0, 0.05) is 29.3 Å². The molecule has 1 aliphatic heterocycles. The first-order chi connectivity index (χ1) is 14.6. The monoisotopic (exact) mass is 444 g/mol. The molecule has 1 aromatic carbocycles. The number of methoxy groups -OCH3 is 1. The number of benzene rings is 1. The lowest BCUT2D eigenvalue weighted by Crippen LogP contribution is -2.23. The van der Waals surface area contributed by atoms with E-state index in [0.29, 0.717) is 39.8 Å². The van der Waals surface area contributed by atoms with E-state index < -0.39 is 0 Å². The number of anilines is 1. The zero-order valence-electron chi connectivity index (χ0n) is 16.1. The number of nitrogens with one attached hydrogen (secondary N) is 1. The van der Waals surface area contributed by atoms with Crippen molar-refractivity contribution in [1.82, 2.24) is 34.6 Å². The van der Waals surface area contributed by atoms with Gasteiger partial charge in [0.1, 0.15) is 18.2 Å². The van der Waals surface area contributed by atoms with E-state index in [1.54, 1.807) is 29.8 Å². The first kappa shape index (κ1) is 19.2. The van der Waals surface area contributed by atoms with Gasteiger partial charge in [0.25, 0.3) is 0 Å². The topological polar surface area (TPSA) is 95.0 Å². The first-order valence-electron chi connectivity index (χ1n) is 9.49. The highest BCUT2D eigenvalue weighted by Crippen LogP contribution is 2.29. The molecule has 9 nitrogen and oxygen atoms in total. The van der Waals surface area contributed by atoms with Crippen LogP contribution in [-0.4, -0.2) is 41.7 Å². The molecule has 0 saturated carbocycles. The molecule has 3 aromatic heterocycles. The van der Waals surface area contributed by atoms with Crippen molar-refractivity contribution in [2.45, 2.75) is 32.0 Å². The Balaban J connectivity index is 1.48. The summed E-state index contributed by atoms with van der Waals surface area (Å²) in [6.07, 6.45) is 1.94. The van der Waals surface area contributed by atoms with Gasteiger partial charge in [0.15, 0.2) is 17.3 Å². The molecule has 1 atom stereocenters. The Morgan fingerprint density at radius 3 is 2.77 bits per heavy atom. The van der Waals surface area contributed by atoms with Crippen molar-refractivity contribution < 1.29 is 4.74 Å². The second-order valence-electron chi connectivity index (χ2n) is 7.05. The highest BCUT2D eigenvalue weighted by atomic mass is 35.5. The molecule has 4 aromatic rings. The highest BCUT2D eigenvalue weighted by molar-refractivity contribution is 6.35. The largest absolute Gasteiger partial charge is 0.377 e. The fourth-order valence-electron chi connectivity index (χ4n) is 3.63. The van der Waals surface area contributed by atoms with E-state index in [1.165, 1.54) is 0 Å². The molecule has 0 saturated heterocycles. The fourth-order valence-corrected chi connectivity index (χ4v) is 4.16. The van der Waals surface area contributed by atoms with E-state index in [4.69, 9.17) is 33.0 Å². The fraction of sp³-hybridized carbons (Fsp3) is 0.316. The van der Waals surface area contributed by atoms with Gasteiger partial charge >= 0.3 is 0 Å². The van der Waals surface area contributed by atoms with Crippen molar-refractivity contribution in [2.24, 2.45) is 0 Å². The normalized spacial score (nSPS) is 16.0. The molecule has 0 amide bonds. The van der Waals surface area contributed by atoms with Gasteiger partial charge in [0.05, 0.1) is 6.04 Å². The smallest absolute Gasteiger partial charge is 0.185 e. The van der Waals surface area contributed by atoms with Gasteiger partial charge in [-0.25, -0.2) is 9.67 Å². The second kappa shape index (κ2) is 7.82. The van der Waals surface area contributed by atoms with E-state index >= 15 is 0 Å². The van der Waals surface area contributed by atoms with Crippen LogP contribution in [0.5, 0.6) is 0 Å². The highest BCUT2D eigenvalue weighted by Gasteiger charge is 2.25. The first-order valence-corrected chi connectivity index (χ1v) is 10.2. The predicted octanol–water partition coefficient (Wildman–Crippen LogP) is 3.78. The van der Waals surface area contributed by atoms with Crippen LogP contribution in [0.3, 0.4) is 0 Å². The van der Waals surface area contributed by atoms with Crippen LogP contribution < -0.4 is 5.32 Å². The summed E-state index contributed by atoms with van der Waals surface area (Å²) in [4.78, 5) is 4.63. The lowest BCUT2D eigenvalue weighted by Gasteiger charge is -2.23. The quantitative estimate of drug-likeness (QED) is 0.500. The Labute approximate surface area is 182 Å². The maximum atomic E-state index is 6.15. The summed E-state index contributed by atoms with van der Waals surface area (Å²) in [6, 6.07) is 8.99. The molecule has 30 heavy (non-hydrogen) atoms. The molecule has 0 aliphatic carbocycles. The average Bonchev–Trinajstić information content (AvgIpc) is 3.31. The van der Waals surface area contributed by atoms with Crippen molar-refractivity contribution >= 4 is 34.7 Å². The number of hydrogen-bond donors (Lipinski definition) is 1. The number of aryl methyl sites for hydroxylation is 1. The summed E-state index contributed by atoms with van der Waals surface area (Å²) < 4.78 is 8.77. The third-order valence-corrected chi connectivity index (χ3v) is 5.33. The average molecular weight is 445 g/mol. The van der Waals surface area contributed by atoms with Crippen molar-refractivity contribution in [3.63, 3.8) is 0 Å². The minimum Gasteiger partial charge on any atom is -0.377 e. The Kier molecular flexibility index (Phi) is 5.01. The van der Waals surface area contributed by atoms with Gasteiger partial charge in [-0.3, -0.25) is 0 Å². The summed E-state index contributed by atoms with van der Waals surface area (Å²) in [5, 5.41) is 22.2. The van der Waals surface area contributed by atoms with Crippen molar-refractivity contribution in [3.8, 4) is 11.4 Å². The van der Waals surface area contributed by atoms with Gasteiger partial charge in [-0.1, -0.05) is 23.2 Å². The number of aromatic nitrogens is 7. The summed E-state index contributed by atoms with van der Waals surface area (Å²) in [7, 11) is 1.64. The van der Waals surface area contributed by atoms with Gasteiger partial charge in [0.2, 0.25) is 0 Å². The maximum Gasteiger partial charge on any atom is 0.185 e. The zero-order valence-corrected chi connectivity index (χ0v) is 17.6. The molecule has 0 spiro atoms. The molecule has 4 heterocycles. The minimum absolute atomic E-state index is 0.00218. The van der Waals surface area contributed by atoms with Gasteiger partial charge in [-0.15, -0.1) is 15.3 Å². The molecule has 0 radical (unpaired) electrons. The van der Waals surface area contributed by atoms with Crippen molar-refractivity contribution in [1.29, 1.82) is 0 Å². The van der Waals surface area contributed by atoms with Crippen LogP contribution in [0, 0.1) is 0 Å². The molecule has 0 fully saturated rings. The lowest BCUT2D eigenvalue weighted by atomic mass is 10.1. The van der Waals surface area contributed by atoms with Crippen LogP contribution in [0.25, 0.3) is 17.0 Å². The van der Waals surface area contributed by atoms with Crippen LogP contribution in [-0.2, 0) is 17.9 Å². The SMILES string of the molecule is COCc1nc2n(n1)CCCC2Nc1ccc2nnc(-c3cc(Cl)cc(Cl)c3)n2n1. The molecule has 5 rings (SSSR count). The standard InChI is InChI=1S/C19H18Cl2N8O/c1-30-10-16-23-19-14(3-2-6-28(19)26-16)22-15-4-5-17-24-25-18(29(17)27-15)11-7-12(20)9-13(21)8-11/h4-5,7-9,14H,2-3,6,10H2,1H3,(H,22,27). The maximum absolute atomic E-state index is 6.15. The summed E-state index contributed by atoms with van der Waals surface area (Å²) in [6.45, 7) is 1.24. The van der Waals surface area contributed by atoms with Crippen LogP contribution in [0.4, 0.5) is 5.82 Å². The molecule has 1 aliphatic rings. The number of rotatable bonds is 5. The second-order valence-corrected chi connectivity index (χ2v) is 7.92. The molecule has 11 heteroatoms. The number of nitrogens with zero attached hydrogens (tertiary/aromatic N) is 7. The molecule has 1 unspecified atom stereocenters. The number of ether oxygens (including phenoxy) is 1. The molecule has 154 valence electrons.